The maximum Gasteiger partial charge on any atom is 0.254 e. The highest BCUT2D eigenvalue weighted by Crippen LogP contribution is 2.41. The number of carbonyl (C=O) groups is 1. The van der Waals surface area contributed by atoms with Gasteiger partial charge < -0.3 is 10.6 Å². The van der Waals surface area contributed by atoms with Crippen molar-refractivity contribution in [3.05, 3.63) is 48.3 Å². The van der Waals surface area contributed by atoms with Crippen molar-refractivity contribution < 1.29 is 4.79 Å². The maximum atomic E-state index is 12.2. The molecule has 1 saturated heterocycles. The molecule has 1 aromatic carbocycles. The summed E-state index contributed by atoms with van der Waals surface area (Å²) in [7, 11) is 0. The number of amides is 1. The van der Waals surface area contributed by atoms with Crippen molar-refractivity contribution in [2.24, 2.45) is 11.8 Å². The Morgan fingerprint density at radius 2 is 1.95 bits per heavy atom. The van der Waals surface area contributed by atoms with Crippen LogP contribution in [0, 0.1) is 11.8 Å². The quantitative estimate of drug-likeness (QED) is 0.897. The number of nitrogens with one attached hydrogen (secondary N) is 2. The maximum absolute atomic E-state index is 12.2. The highest BCUT2D eigenvalue weighted by molar-refractivity contribution is 5.94. The summed E-state index contributed by atoms with van der Waals surface area (Å²) in [5.41, 5.74) is 1.57. The van der Waals surface area contributed by atoms with Crippen LogP contribution in [0.2, 0.25) is 0 Å². The molecular weight excluding hydrogens is 288 g/mol. The number of hydrogen-bond acceptors (Lipinski definition) is 3. The van der Waals surface area contributed by atoms with Crippen LogP contribution in [0.1, 0.15) is 10.4 Å². The fraction of sp³-hybridized carbons (Fsp3) is 0.333. The van der Waals surface area contributed by atoms with E-state index < -0.39 is 0 Å². The van der Waals surface area contributed by atoms with Crippen LogP contribution in [0.3, 0.4) is 0 Å². The van der Waals surface area contributed by atoms with Gasteiger partial charge in [0.2, 0.25) is 0 Å². The number of fused-ring (bicyclic) bond motifs is 1. The number of nitrogens with zero attached hydrogens (tertiary/aromatic N) is 2. The zero-order valence-electron chi connectivity index (χ0n) is 11.4. The van der Waals surface area contributed by atoms with E-state index in [0.717, 1.165) is 18.8 Å². The second kappa shape index (κ2) is 5.50. The first kappa shape index (κ1) is 14.1. The third-order valence-electron chi connectivity index (χ3n) is 4.25. The molecular formula is C15H17ClN4O. The molecule has 1 amide bonds. The Labute approximate surface area is 129 Å². The van der Waals surface area contributed by atoms with E-state index in [9.17, 15) is 4.79 Å². The number of halogens is 1. The number of aromatic nitrogens is 2. The number of para-hydroxylation sites is 1. The Morgan fingerprint density at radius 1 is 1.24 bits per heavy atom. The van der Waals surface area contributed by atoms with E-state index >= 15 is 0 Å². The highest BCUT2D eigenvalue weighted by Gasteiger charge is 2.53. The molecule has 1 aromatic heterocycles. The Balaban J connectivity index is 0.00000132. The lowest BCUT2D eigenvalue weighted by atomic mass is 10.3. The molecule has 1 aliphatic carbocycles. The lowest BCUT2D eigenvalue weighted by Crippen LogP contribution is -2.32. The van der Waals surface area contributed by atoms with Gasteiger partial charge in [0.15, 0.2) is 0 Å². The van der Waals surface area contributed by atoms with Crippen molar-refractivity contribution in [2.45, 2.75) is 6.04 Å². The minimum absolute atomic E-state index is 0. The van der Waals surface area contributed by atoms with Crippen molar-refractivity contribution in [3.63, 3.8) is 0 Å². The zero-order valence-corrected chi connectivity index (χ0v) is 12.2. The predicted molar refractivity (Wildman–Crippen MR) is 81.9 cm³/mol. The van der Waals surface area contributed by atoms with Crippen molar-refractivity contribution in [3.8, 4) is 5.69 Å². The molecule has 110 valence electrons. The fourth-order valence-corrected chi connectivity index (χ4v) is 3.03. The van der Waals surface area contributed by atoms with Crippen molar-refractivity contribution in [2.75, 3.05) is 13.1 Å². The van der Waals surface area contributed by atoms with Gasteiger partial charge in [0.05, 0.1) is 17.4 Å². The van der Waals surface area contributed by atoms with Gasteiger partial charge in [-0.25, -0.2) is 4.68 Å². The molecule has 0 radical (unpaired) electrons. The average Bonchev–Trinajstić information content (AvgIpc) is 2.96. The van der Waals surface area contributed by atoms with Crippen molar-refractivity contribution in [1.29, 1.82) is 0 Å². The zero-order chi connectivity index (χ0) is 13.5. The Hall–Kier alpha value is -1.85. The van der Waals surface area contributed by atoms with E-state index in [-0.39, 0.29) is 18.3 Å². The van der Waals surface area contributed by atoms with Crippen LogP contribution in [0.15, 0.2) is 42.7 Å². The smallest absolute Gasteiger partial charge is 0.254 e. The van der Waals surface area contributed by atoms with E-state index in [0.29, 0.717) is 23.4 Å². The van der Waals surface area contributed by atoms with Gasteiger partial charge in [0.1, 0.15) is 0 Å². The van der Waals surface area contributed by atoms with Gasteiger partial charge in [-0.1, -0.05) is 18.2 Å². The highest BCUT2D eigenvalue weighted by atomic mass is 35.5. The number of carbonyl (C=O) groups excluding carboxylic acids is 1. The molecule has 1 saturated carbocycles. The van der Waals surface area contributed by atoms with Crippen molar-refractivity contribution in [1.82, 2.24) is 20.4 Å². The molecule has 1 aliphatic heterocycles. The summed E-state index contributed by atoms with van der Waals surface area (Å²) in [6.45, 7) is 2.05. The number of benzene rings is 1. The van der Waals surface area contributed by atoms with Crippen LogP contribution in [0.25, 0.3) is 5.69 Å². The molecule has 2 unspecified atom stereocenters. The molecule has 2 atom stereocenters. The minimum Gasteiger partial charge on any atom is -0.349 e. The fourth-order valence-electron chi connectivity index (χ4n) is 3.03. The SMILES string of the molecule is Cl.O=C(NC1C2CNCC21)c1cnn(-c2ccccc2)c1. The molecule has 2 aromatic rings. The monoisotopic (exact) mass is 304 g/mol. The molecule has 2 heterocycles. The van der Waals surface area contributed by atoms with Crippen LogP contribution in [-0.2, 0) is 0 Å². The Kier molecular flexibility index (Phi) is 3.69. The number of hydrogen-bond donors (Lipinski definition) is 2. The van der Waals surface area contributed by atoms with Gasteiger partial charge in [0, 0.05) is 25.3 Å². The molecule has 21 heavy (non-hydrogen) atoms. The molecule has 4 rings (SSSR count). The largest absolute Gasteiger partial charge is 0.349 e. The van der Waals surface area contributed by atoms with Crippen LogP contribution < -0.4 is 10.6 Å². The summed E-state index contributed by atoms with van der Waals surface area (Å²) in [6, 6.07) is 10.1. The molecule has 2 fully saturated rings. The van der Waals surface area contributed by atoms with Gasteiger partial charge in [-0.2, -0.15) is 5.10 Å². The minimum atomic E-state index is -0.0217. The van der Waals surface area contributed by atoms with E-state index in [2.05, 4.69) is 15.7 Å². The summed E-state index contributed by atoms with van der Waals surface area (Å²) >= 11 is 0. The van der Waals surface area contributed by atoms with Crippen LogP contribution >= 0.6 is 12.4 Å². The first-order valence-electron chi connectivity index (χ1n) is 6.94. The molecule has 0 spiro atoms. The average molecular weight is 305 g/mol. The van der Waals surface area contributed by atoms with Crippen LogP contribution in [-0.4, -0.2) is 34.8 Å². The summed E-state index contributed by atoms with van der Waals surface area (Å²) < 4.78 is 1.73. The van der Waals surface area contributed by atoms with Gasteiger partial charge in [-0.15, -0.1) is 12.4 Å². The molecule has 2 aliphatic rings. The van der Waals surface area contributed by atoms with Gasteiger partial charge in [0.25, 0.3) is 5.91 Å². The standard InChI is InChI=1S/C15H16N4O.ClH/c20-15(18-14-12-7-16-8-13(12)14)10-6-17-19(9-10)11-4-2-1-3-5-11;/h1-6,9,12-14,16H,7-8H2,(H,18,20);1H. The van der Waals surface area contributed by atoms with E-state index in [1.807, 2.05) is 30.3 Å². The Morgan fingerprint density at radius 3 is 2.67 bits per heavy atom. The molecule has 0 bridgehead atoms. The van der Waals surface area contributed by atoms with E-state index in [4.69, 9.17) is 0 Å². The summed E-state index contributed by atoms with van der Waals surface area (Å²) in [4.78, 5) is 12.2. The summed E-state index contributed by atoms with van der Waals surface area (Å²) in [5.74, 6) is 1.23. The first-order chi connectivity index (χ1) is 9.83. The number of piperidine rings is 1. The second-order valence-corrected chi connectivity index (χ2v) is 5.49. The lowest BCUT2D eigenvalue weighted by molar-refractivity contribution is 0.0946. The van der Waals surface area contributed by atoms with E-state index in [1.165, 1.54) is 0 Å². The first-order valence-corrected chi connectivity index (χ1v) is 6.94. The van der Waals surface area contributed by atoms with Gasteiger partial charge >= 0.3 is 0 Å². The molecule has 2 N–H and O–H groups in total. The second-order valence-electron chi connectivity index (χ2n) is 5.49. The van der Waals surface area contributed by atoms with Gasteiger partial charge in [-0.3, -0.25) is 4.79 Å². The lowest BCUT2D eigenvalue weighted by Gasteiger charge is -2.06. The van der Waals surface area contributed by atoms with Gasteiger partial charge in [-0.05, 0) is 24.0 Å². The number of rotatable bonds is 3. The third-order valence-corrected chi connectivity index (χ3v) is 4.25. The van der Waals surface area contributed by atoms with E-state index in [1.54, 1.807) is 17.1 Å². The summed E-state index contributed by atoms with van der Waals surface area (Å²) in [6.07, 6.45) is 3.40. The third kappa shape index (κ3) is 2.54. The Bertz CT molecular complexity index is 632. The molecule has 5 nitrogen and oxygen atoms in total. The normalized spacial score (nSPS) is 25.8. The summed E-state index contributed by atoms with van der Waals surface area (Å²) in [5, 5.41) is 10.7. The molecule has 6 heteroatoms. The van der Waals surface area contributed by atoms with Crippen LogP contribution in [0.4, 0.5) is 0 Å². The topological polar surface area (TPSA) is 59.0 Å². The van der Waals surface area contributed by atoms with Crippen molar-refractivity contribution >= 4 is 18.3 Å². The predicted octanol–water partition coefficient (Wildman–Crippen LogP) is 1.24. The van der Waals surface area contributed by atoms with Crippen LogP contribution in [0.5, 0.6) is 0 Å².